The van der Waals surface area contributed by atoms with Crippen molar-refractivity contribution < 1.29 is 10.0 Å². The maximum Gasteiger partial charge on any atom is 0.237 e. The van der Waals surface area contributed by atoms with Crippen LogP contribution in [0.25, 0.3) is 0 Å². The van der Waals surface area contributed by atoms with Crippen molar-refractivity contribution in [2.45, 2.75) is 6.92 Å². The Balaban J connectivity index is 2.32. The van der Waals surface area contributed by atoms with Crippen molar-refractivity contribution in [3.05, 3.63) is 24.3 Å². The van der Waals surface area contributed by atoms with Crippen LogP contribution in [0.4, 0.5) is 11.4 Å². The smallest absolute Gasteiger partial charge is 0.237 e. The van der Waals surface area contributed by atoms with Gasteiger partial charge in [0.05, 0.1) is 17.3 Å². The molecule has 3 N–H and O–H groups in total. The van der Waals surface area contributed by atoms with Crippen LogP contribution in [-0.4, -0.2) is 37.1 Å². The fourth-order valence-corrected chi connectivity index (χ4v) is 2.18. The SMILES string of the molecule is CC(C(=O)N1CCN(C)c2ccccc21)C(N)=NO. The Labute approximate surface area is 112 Å². The van der Waals surface area contributed by atoms with Crippen LogP contribution in [0.3, 0.4) is 0 Å². The summed E-state index contributed by atoms with van der Waals surface area (Å²) in [6.07, 6.45) is 0. The van der Waals surface area contributed by atoms with Gasteiger partial charge in [-0.25, -0.2) is 0 Å². The Morgan fingerprint density at radius 3 is 2.63 bits per heavy atom. The number of benzene rings is 1. The molecule has 0 spiro atoms. The van der Waals surface area contributed by atoms with Gasteiger partial charge in [0.15, 0.2) is 5.84 Å². The maximum atomic E-state index is 12.4. The lowest BCUT2D eigenvalue weighted by Gasteiger charge is -2.36. The van der Waals surface area contributed by atoms with Gasteiger partial charge in [0.25, 0.3) is 0 Å². The molecule has 6 nitrogen and oxygen atoms in total. The molecule has 0 radical (unpaired) electrons. The highest BCUT2D eigenvalue weighted by atomic mass is 16.4. The number of rotatable bonds is 2. The number of hydrogen-bond donors (Lipinski definition) is 2. The summed E-state index contributed by atoms with van der Waals surface area (Å²) in [4.78, 5) is 16.2. The predicted molar refractivity (Wildman–Crippen MR) is 74.6 cm³/mol. The molecule has 1 heterocycles. The first-order valence-electron chi connectivity index (χ1n) is 6.15. The number of nitrogens with two attached hydrogens (primary N) is 1. The molecule has 0 bridgehead atoms. The van der Waals surface area contributed by atoms with Crippen molar-refractivity contribution >= 4 is 23.1 Å². The van der Waals surface area contributed by atoms with Gasteiger partial charge in [0, 0.05) is 20.1 Å². The first-order valence-corrected chi connectivity index (χ1v) is 6.15. The molecule has 1 aromatic carbocycles. The van der Waals surface area contributed by atoms with E-state index >= 15 is 0 Å². The van der Waals surface area contributed by atoms with E-state index in [1.807, 2.05) is 31.3 Å². The second-order valence-electron chi connectivity index (χ2n) is 4.65. The van der Waals surface area contributed by atoms with Gasteiger partial charge >= 0.3 is 0 Å². The van der Waals surface area contributed by atoms with Crippen LogP contribution in [0.1, 0.15) is 6.92 Å². The third-order valence-electron chi connectivity index (χ3n) is 3.44. The van der Waals surface area contributed by atoms with E-state index < -0.39 is 5.92 Å². The highest BCUT2D eigenvalue weighted by Crippen LogP contribution is 2.32. The summed E-state index contributed by atoms with van der Waals surface area (Å²) in [5.41, 5.74) is 7.38. The average Bonchev–Trinajstić information content (AvgIpc) is 2.45. The minimum Gasteiger partial charge on any atom is -0.409 e. The van der Waals surface area contributed by atoms with E-state index in [4.69, 9.17) is 10.9 Å². The van der Waals surface area contributed by atoms with Gasteiger partial charge in [-0.3, -0.25) is 4.79 Å². The minimum absolute atomic E-state index is 0.0681. The lowest BCUT2D eigenvalue weighted by atomic mass is 10.1. The van der Waals surface area contributed by atoms with Gasteiger partial charge in [0.1, 0.15) is 0 Å². The summed E-state index contributed by atoms with van der Waals surface area (Å²) < 4.78 is 0. The third kappa shape index (κ3) is 2.33. The Bertz CT molecular complexity index is 515. The molecule has 102 valence electrons. The number of nitrogens with zero attached hydrogens (tertiary/aromatic N) is 3. The Morgan fingerprint density at radius 1 is 1.37 bits per heavy atom. The highest BCUT2D eigenvalue weighted by Gasteiger charge is 2.29. The molecule has 2 rings (SSSR count). The molecule has 1 aliphatic heterocycles. The van der Waals surface area contributed by atoms with Gasteiger partial charge < -0.3 is 20.7 Å². The number of anilines is 2. The number of carbonyl (C=O) groups excluding carboxylic acids is 1. The molecule has 1 amide bonds. The number of likely N-dealkylation sites (N-methyl/N-ethyl adjacent to an activating group) is 1. The minimum atomic E-state index is -0.638. The zero-order valence-electron chi connectivity index (χ0n) is 11.1. The van der Waals surface area contributed by atoms with E-state index in [-0.39, 0.29) is 11.7 Å². The molecule has 1 atom stereocenters. The van der Waals surface area contributed by atoms with Crippen LogP contribution >= 0.6 is 0 Å². The van der Waals surface area contributed by atoms with Crippen LogP contribution in [0.2, 0.25) is 0 Å². The average molecular weight is 262 g/mol. The summed E-state index contributed by atoms with van der Waals surface area (Å²) in [5, 5.41) is 11.6. The first kappa shape index (κ1) is 13.2. The number of hydrogen-bond acceptors (Lipinski definition) is 4. The standard InChI is InChI=1S/C13H18N4O2/c1-9(12(14)15-19)13(18)17-8-7-16(2)10-5-3-4-6-11(10)17/h3-6,9,19H,7-8H2,1-2H3,(H2,14,15). The van der Waals surface area contributed by atoms with E-state index in [1.165, 1.54) is 0 Å². The fraction of sp³-hybridized carbons (Fsp3) is 0.385. The van der Waals surface area contributed by atoms with E-state index in [9.17, 15) is 4.79 Å². The van der Waals surface area contributed by atoms with Crippen LogP contribution in [0.5, 0.6) is 0 Å². The number of carbonyl (C=O) groups is 1. The Hall–Kier alpha value is -2.24. The lowest BCUT2D eigenvalue weighted by molar-refractivity contribution is -0.120. The van der Waals surface area contributed by atoms with E-state index in [0.29, 0.717) is 6.54 Å². The highest BCUT2D eigenvalue weighted by molar-refractivity contribution is 6.10. The van der Waals surface area contributed by atoms with Crippen molar-refractivity contribution in [2.75, 3.05) is 29.9 Å². The second-order valence-corrected chi connectivity index (χ2v) is 4.65. The quantitative estimate of drug-likeness (QED) is 0.358. The van der Waals surface area contributed by atoms with Crippen LogP contribution < -0.4 is 15.5 Å². The molecule has 0 aromatic heterocycles. The van der Waals surface area contributed by atoms with Crippen molar-refractivity contribution in [3.63, 3.8) is 0 Å². The van der Waals surface area contributed by atoms with Crippen LogP contribution in [0, 0.1) is 5.92 Å². The number of amides is 1. The third-order valence-corrected chi connectivity index (χ3v) is 3.44. The summed E-state index contributed by atoms with van der Waals surface area (Å²) in [5.74, 6) is -0.862. The Kier molecular flexibility index (Phi) is 3.59. The van der Waals surface area contributed by atoms with Gasteiger partial charge in [-0.15, -0.1) is 0 Å². The molecular formula is C13H18N4O2. The predicted octanol–water partition coefficient (Wildman–Crippen LogP) is 0.852. The van der Waals surface area contributed by atoms with Gasteiger partial charge in [-0.05, 0) is 19.1 Å². The van der Waals surface area contributed by atoms with Gasteiger partial charge in [0.2, 0.25) is 5.91 Å². The molecular weight excluding hydrogens is 244 g/mol. The van der Waals surface area contributed by atoms with Crippen LogP contribution in [-0.2, 0) is 4.79 Å². The largest absolute Gasteiger partial charge is 0.409 e. The fourth-order valence-electron chi connectivity index (χ4n) is 2.18. The molecule has 0 saturated carbocycles. The van der Waals surface area contributed by atoms with Crippen molar-refractivity contribution in [1.29, 1.82) is 0 Å². The maximum absolute atomic E-state index is 12.4. The lowest BCUT2D eigenvalue weighted by Crippen LogP contribution is -2.47. The molecule has 1 aliphatic rings. The van der Waals surface area contributed by atoms with Crippen molar-refractivity contribution in [3.8, 4) is 0 Å². The van der Waals surface area contributed by atoms with Crippen LogP contribution in [0.15, 0.2) is 29.4 Å². The Morgan fingerprint density at radius 2 is 2.00 bits per heavy atom. The molecule has 1 aromatic rings. The monoisotopic (exact) mass is 262 g/mol. The zero-order chi connectivity index (χ0) is 14.0. The normalized spacial score (nSPS) is 17.1. The van der Waals surface area contributed by atoms with Crippen molar-refractivity contribution in [2.24, 2.45) is 16.8 Å². The number of para-hydroxylation sites is 2. The topological polar surface area (TPSA) is 82.2 Å². The molecule has 19 heavy (non-hydrogen) atoms. The van der Waals surface area contributed by atoms with Crippen molar-refractivity contribution in [1.82, 2.24) is 0 Å². The molecule has 0 saturated heterocycles. The molecule has 0 fully saturated rings. The summed E-state index contributed by atoms with van der Waals surface area (Å²) >= 11 is 0. The summed E-state index contributed by atoms with van der Waals surface area (Å²) in [6, 6.07) is 7.72. The molecule has 1 unspecified atom stereocenters. The van der Waals surface area contributed by atoms with Gasteiger partial charge in [-0.2, -0.15) is 0 Å². The number of fused-ring (bicyclic) bond motifs is 1. The van der Waals surface area contributed by atoms with Gasteiger partial charge in [-0.1, -0.05) is 17.3 Å². The molecule has 6 heteroatoms. The zero-order valence-corrected chi connectivity index (χ0v) is 11.1. The first-order chi connectivity index (χ1) is 9.06. The van der Waals surface area contributed by atoms with E-state index in [2.05, 4.69) is 10.1 Å². The van der Waals surface area contributed by atoms with E-state index in [0.717, 1.165) is 17.9 Å². The van der Waals surface area contributed by atoms with E-state index in [1.54, 1.807) is 11.8 Å². The number of oxime groups is 1. The second kappa shape index (κ2) is 5.17. The summed E-state index contributed by atoms with van der Waals surface area (Å²) in [6.45, 7) is 2.99. The molecule has 0 aliphatic carbocycles. The summed E-state index contributed by atoms with van der Waals surface area (Å²) in [7, 11) is 1.99. The number of amidine groups is 1.